The van der Waals surface area contributed by atoms with Crippen LogP contribution in [0.1, 0.15) is 31.7 Å². The maximum atomic E-state index is 3.46. The molecular weight excluding hydrogens is 244 g/mol. The number of anilines is 3. The second-order valence-electron chi connectivity index (χ2n) is 5.07. The van der Waals surface area contributed by atoms with Crippen LogP contribution in [0.2, 0.25) is 0 Å². The number of benzene rings is 2. The molecule has 0 saturated heterocycles. The molecule has 106 valence electrons. The number of hydrogen-bond donors (Lipinski definition) is 2. The highest BCUT2D eigenvalue weighted by atomic mass is 14.9. The van der Waals surface area contributed by atoms with Crippen molar-refractivity contribution in [2.75, 3.05) is 17.7 Å². The minimum absolute atomic E-state index is 1.13. The molecule has 2 aromatic carbocycles. The van der Waals surface area contributed by atoms with Crippen molar-refractivity contribution in [3.05, 3.63) is 54.1 Å². The number of hydrogen-bond acceptors (Lipinski definition) is 2. The first-order chi connectivity index (χ1) is 9.83. The van der Waals surface area contributed by atoms with Crippen LogP contribution in [-0.2, 0) is 6.42 Å². The van der Waals surface area contributed by atoms with Gasteiger partial charge in [0.1, 0.15) is 0 Å². The number of para-hydroxylation sites is 1. The monoisotopic (exact) mass is 268 g/mol. The molecular formula is C18H24N2. The SMILES string of the molecule is CCCCCc1cc(Nc2ccccc2)ccc1NC. The number of unbranched alkanes of at least 4 members (excludes halogenated alkanes) is 2. The smallest absolute Gasteiger partial charge is 0.0388 e. The molecule has 0 aliphatic rings. The van der Waals surface area contributed by atoms with Crippen LogP contribution in [0, 0.1) is 0 Å². The van der Waals surface area contributed by atoms with E-state index in [9.17, 15) is 0 Å². The molecule has 20 heavy (non-hydrogen) atoms. The lowest BCUT2D eigenvalue weighted by Gasteiger charge is -2.13. The largest absolute Gasteiger partial charge is 0.388 e. The Morgan fingerprint density at radius 1 is 0.900 bits per heavy atom. The van der Waals surface area contributed by atoms with Gasteiger partial charge in [-0.15, -0.1) is 0 Å². The molecule has 0 aromatic heterocycles. The Morgan fingerprint density at radius 3 is 2.40 bits per heavy atom. The topological polar surface area (TPSA) is 24.1 Å². The highest BCUT2D eigenvalue weighted by molar-refractivity contribution is 5.65. The number of nitrogens with one attached hydrogen (secondary N) is 2. The quantitative estimate of drug-likeness (QED) is 0.674. The molecule has 0 radical (unpaired) electrons. The molecule has 0 heterocycles. The van der Waals surface area contributed by atoms with Crippen molar-refractivity contribution in [3.8, 4) is 0 Å². The molecule has 2 rings (SSSR count). The van der Waals surface area contributed by atoms with Crippen LogP contribution < -0.4 is 10.6 Å². The predicted molar refractivity (Wildman–Crippen MR) is 88.9 cm³/mol. The minimum atomic E-state index is 1.13. The van der Waals surface area contributed by atoms with Crippen LogP contribution >= 0.6 is 0 Å². The second kappa shape index (κ2) is 7.59. The Morgan fingerprint density at radius 2 is 1.70 bits per heavy atom. The molecule has 0 saturated carbocycles. The Bertz CT molecular complexity index is 520. The summed E-state index contributed by atoms with van der Waals surface area (Å²) < 4.78 is 0. The third-order valence-corrected chi connectivity index (χ3v) is 3.49. The van der Waals surface area contributed by atoms with Gasteiger partial charge in [0.05, 0.1) is 0 Å². The fourth-order valence-corrected chi connectivity index (χ4v) is 2.38. The van der Waals surface area contributed by atoms with E-state index in [0.717, 1.165) is 17.8 Å². The molecule has 0 fully saturated rings. The van der Waals surface area contributed by atoms with Gasteiger partial charge in [0.2, 0.25) is 0 Å². The van der Waals surface area contributed by atoms with E-state index in [1.807, 2.05) is 25.2 Å². The molecule has 2 heteroatoms. The fourth-order valence-electron chi connectivity index (χ4n) is 2.38. The van der Waals surface area contributed by atoms with Crippen LogP contribution in [-0.4, -0.2) is 7.05 Å². The fraction of sp³-hybridized carbons (Fsp3) is 0.333. The molecule has 2 N–H and O–H groups in total. The highest BCUT2D eigenvalue weighted by Gasteiger charge is 2.03. The minimum Gasteiger partial charge on any atom is -0.388 e. The van der Waals surface area contributed by atoms with E-state index in [2.05, 4.69) is 47.9 Å². The van der Waals surface area contributed by atoms with Gasteiger partial charge in [-0.2, -0.15) is 0 Å². The van der Waals surface area contributed by atoms with Gasteiger partial charge in [-0.3, -0.25) is 0 Å². The van der Waals surface area contributed by atoms with Crippen LogP contribution in [0.15, 0.2) is 48.5 Å². The van der Waals surface area contributed by atoms with Crippen molar-refractivity contribution in [2.24, 2.45) is 0 Å². The van der Waals surface area contributed by atoms with E-state index in [4.69, 9.17) is 0 Å². The van der Waals surface area contributed by atoms with Crippen LogP contribution in [0.5, 0.6) is 0 Å². The van der Waals surface area contributed by atoms with Crippen molar-refractivity contribution < 1.29 is 0 Å². The highest BCUT2D eigenvalue weighted by Crippen LogP contribution is 2.24. The predicted octanol–water partition coefficient (Wildman–Crippen LogP) is 5.20. The van der Waals surface area contributed by atoms with Gasteiger partial charge >= 0.3 is 0 Å². The van der Waals surface area contributed by atoms with Crippen LogP contribution in [0.3, 0.4) is 0 Å². The average Bonchev–Trinajstić information content (AvgIpc) is 2.49. The molecule has 0 atom stereocenters. The van der Waals surface area contributed by atoms with Crippen molar-refractivity contribution in [3.63, 3.8) is 0 Å². The van der Waals surface area contributed by atoms with E-state index in [-0.39, 0.29) is 0 Å². The molecule has 2 nitrogen and oxygen atoms in total. The average molecular weight is 268 g/mol. The van der Waals surface area contributed by atoms with Gasteiger partial charge in [-0.05, 0) is 48.7 Å². The van der Waals surface area contributed by atoms with E-state index in [1.165, 1.54) is 30.5 Å². The number of rotatable bonds is 7. The molecule has 0 unspecified atom stereocenters. The first kappa shape index (κ1) is 14.4. The summed E-state index contributed by atoms with van der Waals surface area (Å²) >= 11 is 0. The second-order valence-corrected chi connectivity index (χ2v) is 5.07. The van der Waals surface area contributed by atoms with Gasteiger partial charge in [-0.1, -0.05) is 38.0 Å². The van der Waals surface area contributed by atoms with Gasteiger partial charge in [0.15, 0.2) is 0 Å². The van der Waals surface area contributed by atoms with Crippen molar-refractivity contribution in [2.45, 2.75) is 32.6 Å². The Balaban J connectivity index is 2.12. The van der Waals surface area contributed by atoms with Crippen LogP contribution in [0.25, 0.3) is 0 Å². The van der Waals surface area contributed by atoms with E-state index in [0.29, 0.717) is 0 Å². The zero-order valence-corrected chi connectivity index (χ0v) is 12.4. The van der Waals surface area contributed by atoms with E-state index in [1.54, 1.807) is 0 Å². The lowest BCUT2D eigenvalue weighted by Crippen LogP contribution is -1.98. The summed E-state index contributed by atoms with van der Waals surface area (Å²) in [6.45, 7) is 2.24. The Hall–Kier alpha value is -1.96. The third kappa shape index (κ3) is 4.02. The lowest BCUT2D eigenvalue weighted by atomic mass is 10.0. The standard InChI is InChI=1S/C18H24N2/c1-3-4-6-9-15-14-17(12-13-18(15)19-2)20-16-10-7-5-8-11-16/h5,7-8,10-14,19-20H,3-4,6,9H2,1-2H3. The van der Waals surface area contributed by atoms with E-state index >= 15 is 0 Å². The summed E-state index contributed by atoms with van der Waals surface area (Å²) in [6, 6.07) is 16.8. The first-order valence-electron chi connectivity index (χ1n) is 7.46. The molecule has 0 aliphatic carbocycles. The maximum absolute atomic E-state index is 3.46. The van der Waals surface area contributed by atoms with Gasteiger partial charge in [-0.25, -0.2) is 0 Å². The zero-order valence-electron chi connectivity index (χ0n) is 12.4. The van der Waals surface area contributed by atoms with Gasteiger partial charge in [0, 0.05) is 24.1 Å². The molecule has 0 bridgehead atoms. The third-order valence-electron chi connectivity index (χ3n) is 3.49. The molecule has 0 spiro atoms. The van der Waals surface area contributed by atoms with E-state index < -0.39 is 0 Å². The maximum Gasteiger partial charge on any atom is 0.0388 e. The van der Waals surface area contributed by atoms with Crippen LogP contribution in [0.4, 0.5) is 17.1 Å². The van der Waals surface area contributed by atoms with Gasteiger partial charge in [0.25, 0.3) is 0 Å². The number of aryl methyl sites for hydroxylation is 1. The summed E-state index contributed by atoms with van der Waals surface area (Å²) in [4.78, 5) is 0. The summed E-state index contributed by atoms with van der Waals surface area (Å²) in [5, 5.41) is 6.74. The molecule has 0 aliphatic heterocycles. The summed E-state index contributed by atoms with van der Waals surface area (Å²) in [5.74, 6) is 0. The van der Waals surface area contributed by atoms with Crippen molar-refractivity contribution in [1.82, 2.24) is 0 Å². The summed E-state index contributed by atoms with van der Waals surface area (Å²) in [6.07, 6.45) is 4.94. The zero-order chi connectivity index (χ0) is 14.2. The molecule has 0 amide bonds. The summed E-state index contributed by atoms with van der Waals surface area (Å²) in [7, 11) is 1.99. The Labute approximate surface area is 122 Å². The Kier molecular flexibility index (Phi) is 5.48. The van der Waals surface area contributed by atoms with Gasteiger partial charge < -0.3 is 10.6 Å². The van der Waals surface area contributed by atoms with Crippen molar-refractivity contribution >= 4 is 17.1 Å². The van der Waals surface area contributed by atoms with Crippen molar-refractivity contribution in [1.29, 1.82) is 0 Å². The normalized spacial score (nSPS) is 10.3. The molecule has 2 aromatic rings. The summed E-state index contributed by atoms with van der Waals surface area (Å²) in [5.41, 5.74) is 4.91. The first-order valence-corrected chi connectivity index (χ1v) is 7.46. The lowest BCUT2D eigenvalue weighted by molar-refractivity contribution is 0.718.